The van der Waals surface area contributed by atoms with Crippen molar-refractivity contribution in [3.05, 3.63) is 16.1 Å². The largest absolute Gasteiger partial charge is 0.357 e. The number of nitrogens with one attached hydrogen (secondary N) is 2. The number of hydrogen-bond donors (Lipinski definition) is 2. The van der Waals surface area contributed by atoms with Gasteiger partial charge in [-0.3, -0.25) is 4.79 Å². The van der Waals surface area contributed by atoms with E-state index in [1.54, 1.807) is 11.3 Å². The van der Waals surface area contributed by atoms with Crippen molar-refractivity contribution in [1.29, 1.82) is 0 Å². The lowest BCUT2D eigenvalue weighted by Gasteiger charge is -2.26. The van der Waals surface area contributed by atoms with Gasteiger partial charge in [0.15, 0.2) is 5.96 Å². The lowest BCUT2D eigenvalue weighted by atomic mass is 10.1. The monoisotopic (exact) mass is 351 g/mol. The van der Waals surface area contributed by atoms with E-state index >= 15 is 0 Å². The highest BCUT2D eigenvalue weighted by Crippen LogP contribution is 2.17. The molecule has 1 aromatic rings. The molecule has 0 radical (unpaired) electrons. The van der Waals surface area contributed by atoms with Crippen LogP contribution in [0.4, 0.5) is 0 Å². The average Bonchev–Trinajstić information content (AvgIpc) is 3.07. The number of aromatic nitrogens is 1. The Morgan fingerprint density at radius 1 is 1.33 bits per heavy atom. The first kappa shape index (κ1) is 18.7. The summed E-state index contributed by atoms with van der Waals surface area (Å²) in [4.78, 5) is 23.2. The topological polar surface area (TPSA) is 69.6 Å². The van der Waals surface area contributed by atoms with Crippen molar-refractivity contribution in [3.8, 4) is 0 Å². The lowest BCUT2D eigenvalue weighted by molar-refractivity contribution is -0.130. The maximum absolute atomic E-state index is 12.2. The van der Waals surface area contributed by atoms with Crippen LogP contribution in [0.5, 0.6) is 0 Å². The third-order valence-electron chi connectivity index (χ3n) is 3.99. The molecule has 0 unspecified atom stereocenters. The van der Waals surface area contributed by atoms with Crippen LogP contribution in [-0.2, 0) is 11.3 Å². The van der Waals surface area contributed by atoms with Gasteiger partial charge in [0, 0.05) is 25.0 Å². The van der Waals surface area contributed by atoms with Gasteiger partial charge < -0.3 is 15.5 Å². The Labute approximate surface area is 148 Å². The Bertz CT molecular complexity index is 549. The summed E-state index contributed by atoms with van der Waals surface area (Å²) in [5.41, 5.74) is 1.12. The number of likely N-dealkylation sites (tertiary alicyclic amines) is 1. The highest BCUT2D eigenvalue weighted by atomic mass is 32.1. The molecule has 1 saturated heterocycles. The van der Waals surface area contributed by atoms with Crippen LogP contribution < -0.4 is 10.6 Å². The number of nitrogens with zero attached hydrogens (tertiary/aromatic N) is 3. The average molecular weight is 352 g/mol. The van der Waals surface area contributed by atoms with E-state index in [9.17, 15) is 4.79 Å². The molecule has 1 aliphatic rings. The van der Waals surface area contributed by atoms with Crippen molar-refractivity contribution in [2.45, 2.75) is 52.5 Å². The van der Waals surface area contributed by atoms with Gasteiger partial charge in [0.1, 0.15) is 11.6 Å². The van der Waals surface area contributed by atoms with Crippen molar-refractivity contribution in [2.24, 2.45) is 4.99 Å². The van der Waals surface area contributed by atoms with Gasteiger partial charge >= 0.3 is 0 Å². The van der Waals surface area contributed by atoms with Gasteiger partial charge in [-0.15, -0.1) is 11.3 Å². The van der Waals surface area contributed by atoms with Gasteiger partial charge in [0.05, 0.1) is 12.2 Å². The molecule has 1 aliphatic heterocycles. The van der Waals surface area contributed by atoms with Gasteiger partial charge in [-0.1, -0.05) is 13.8 Å². The van der Waals surface area contributed by atoms with Crippen LogP contribution in [0.25, 0.3) is 0 Å². The van der Waals surface area contributed by atoms with Gasteiger partial charge in [-0.25, -0.2) is 9.98 Å². The van der Waals surface area contributed by atoms with E-state index in [0.29, 0.717) is 18.4 Å². The predicted octanol–water partition coefficient (Wildman–Crippen LogP) is 2.33. The van der Waals surface area contributed by atoms with Gasteiger partial charge in [-0.2, -0.15) is 0 Å². The molecule has 2 heterocycles. The quantitative estimate of drug-likeness (QED) is 0.610. The fourth-order valence-corrected chi connectivity index (χ4v) is 3.46. The zero-order valence-corrected chi connectivity index (χ0v) is 15.8. The SMILES string of the molecule is CCNC(=NCC(=O)N1CCCCC1)NCc1nc(C(C)C)cs1. The third kappa shape index (κ3) is 5.78. The van der Waals surface area contributed by atoms with Crippen LogP contribution in [0.15, 0.2) is 10.4 Å². The van der Waals surface area contributed by atoms with Gasteiger partial charge in [-0.05, 0) is 32.1 Å². The van der Waals surface area contributed by atoms with Crippen molar-refractivity contribution < 1.29 is 4.79 Å². The molecule has 0 spiro atoms. The minimum Gasteiger partial charge on any atom is -0.357 e. The molecule has 6 nitrogen and oxygen atoms in total. The first-order chi connectivity index (χ1) is 11.6. The zero-order valence-electron chi connectivity index (χ0n) is 15.0. The summed E-state index contributed by atoms with van der Waals surface area (Å²) in [5, 5.41) is 9.59. The molecule has 0 saturated carbocycles. The number of rotatable bonds is 6. The second kappa shape index (κ2) is 9.61. The summed E-state index contributed by atoms with van der Waals surface area (Å²) in [6, 6.07) is 0. The van der Waals surface area contributed by atoms with Crippen LogP contribution in [0.2, 0.25) is 0 Å². The Hall–Kier alpha value is -1.63. The van der Waals surface area contributed by atoms with Crippen LogP contribution in [-0.4, -0.2) is 47.9 Å². The van der Waals surface area contributed by atoms with E-state index < -0.39 is 0 Å². The second-order valence-electron chi connectivity index (χ2n) is 6.31. The van der Waals surface area contributed by atoms with Crippen LogP contribution in [0.1, 0.15) is 56.7 Å². The Morgan fingerprint density at radius 3 is 2.71 bits per heavy atom. The van der Waals surface area contributed by atoms with E-state index in [1.807, 2.05) is 11.8 Å². The van der Waals surface area contributed by atoms with Crippen LogP contribution in [0.3, 0.4) is 0 Å². The van der Waals surface area contributed by atoms with E-state index in [1.165, 1.54) is 6.42 Å². The van der Waals surface area contributed by atoms with Crippen molar-refractivity contribution >= 4 is 23.2 Å². The zero-order chi connectivity index (χ0) is 17.4. The molecule has 134 valence electrons. The number of aliphatic imine (C=N–C) groups is 1. The fourth-order valence-electron chi connectivity index (χ4n) is 2.56. The molecule has 2 rings (SSSR count). The highest BCUT2D eigenvalue weighted by molar-refractivity contribution is 7.09. The smallest absolute Gasteiger partial charge is 0.244 e. The predicted molar refractivity (Wildman–Crippen MR) is 99.5 cm³/mol. The number of thiazole rings is 1. The second-order valence-corrected chi connectivity index (χ2v) is 7.25. The number of hydrogen-bond acceptors (Lipinski definition) is 4. The number of piperidine rings is 1. The van der Waals surface area contributed by atoms with Crippen molar-refractivity contribution in [1.82, 2.24) is 20.5 Å². The molecule has 1 aromatic heterocycles. The Balaban J connectivity index is 1.86. The minimum atomic E-state index is 0.114. The van der Waals surface area contributed by atoms with E-state index in [-0.39, 0.29) is 12.5 Å². The van der Waals surface area contributed by atoms with Crippen LogP contribution in [0, 0.1) is 0 Å². The molecular weight excluding hydrogens is 322 g/mol. The molecule has 0 aromatic carbocycles. The van der Waals surface area contributed by atoms with Crippen molar-refractivity contribution in [2.75, 3.05) is 26.2 Å². The summed E-state index contributed by atoms with van der Waals surface area (Å²) >= 11 is 1.65. The molecule has 0 aliphatic carbocycles. The Morgan fingerprint density at radius 2 is 2.08 bits per heavy atom. The molecule has 24 heavy (non-hydrogen) atoms. The maximum atomic E-state index is 12.2. The highest BCUT2D eigenvalue weighted by Gasteiger charge is 2.16. The summed E-state index contributed by atoms with van der Waals surface area (Å²) in [6.07, 6.45) is 3.44. The number of carbonyl (C=O) groups is 1. The molecule has 0 atom stereocenters. The molecule has 7 heteroatoms. The third-order valence-corrected chi connectivity index (χ3v) is 4.86. The number of amides is 1. The molecular formula is C17H29N5OS. The Kier molecular flexibility index (Phi) is 7.49. The molecule has 1 fully saturated rings. The normalized spacial score (nSPS) is 15.7. The minimum absolute atomic E-state index is 0.114. The number of guanidine groups is 1. The molecule has 0 bridgehead atoms. The first-order valence-corrected chi connectivity index (χ1v) is 9.72. The van der Waals surface area contributed by atoms with Crippen molar-refractivity contribution in [3.63, 3.8) is 0 Å². The van der Waals surface area contributed by atoms with Gasteiger partial charge in [0.2, 0.25) is 5.91 Å². The number of carbonyl (C=O) groups excluding carboxylic acids is 1. The fraction of sp³-hybridized carbons (Fsp3) is 0.706. The summed E-state index contributed by atoms with van der Waals surface area (Å²) in [7, 11) is 0. The van der Waals surface area contributed by atoms with Gasteiger partial charge in [0.25, 0.3) is 0 Å². The van der Waals surface area contributed by atoms with E-state index in [0.717, 1.165) is 43.2 Å². The summed E-state index contributed by atoms with van der Waals surface area (Å²) in [5.74, 6) is 1.23. The first-order valence-electron chi connectivity index (χ1n) is 8.84. The molecule has 2 N–H and O–H groups in total. The van der Waals surface area contributed by atoms with Crippen LogP contribution >= 0.6 is 11.3 Å². The summed E-state index contributed by atoms with van der Waals surface area (Å²) in [6.45, 7) is 9.63. The standard InChI is InChI=1S/C17H29N5OS/c1-4-18-17(19-10-15-21-14(12-24-15)13(2)3)20-11-16(23)22-8-6-5-7-9-22/h12-13H,4-11H2,1-3H3,(H2,18,19,20). The maximum Gasteiger partial charge on any atom is 0.244 e. The van der Waals surface area contributed by atoms with E-state index in [2.05, 4.69) is 39.8 Å². The van der Waals surface area contributed by atoms with E-state index in [4.69, 9.17) is 0 Å². The lowest BCUT2D eigenvalue weighted by Crippen LogP contribution is -2.40. The molecule has 1 amide bonds. The summed E-state index contributed by atoms with van der Waals surface area (Å²) < 4.78 is 0.